The third kappa shape index (κ3) is 5.59. The van der Waals surface area contributed by atoms with E-state index in [1.165, 1.54) is 24.4 Å². The second-order valence-electron chi connectivity index (χ2n) is 7.43. The fourth-order valence-electron chi connectivity index (χ4n) is 3.11. The van der Waals surface area contributed by atoms with E-state index in [1.54, 1.807) is 0 Å². The van der Waals surface area contributed by atoms with Gasteiger partial charge in [0.1, 0.15) is 11.9 Å². The SMILES string of the molecule is CC[C@H](C)[C@H](NC(=O)CSc1nnc(C2CC2)n1Cc1ccccc1)C(=O)OC. The summed E-state index contributed by atoms with van der Waals surface area (Å²) in [5.41, 5.74) is 1.17. The summed E-state index contributed by atoms with van der Waals surface area (Å²) in [6.07, 6.45) is 3.03. The van der Waals surface area contributed by atoms with E-state index in [2.05, 4.69) is 32.2 Å². The normalized spacial score (nSPS) is 15.6. The number of carbonyl (C=O) groups is 2. The summed E-state index contributed by atoms with van der Waals surface area (Å²) >= 11 is 1.35. The van der Waals surface area contributed by atoms with Crippen LogP contribution in [0.15, 0.2) is 35.5 Å². The molecule has 0 spiro atoms. The maximum Gasteiger partial charge on any atom is 0.328 e. The van der Waals surface area contributed by atoms with E-state index in [9.17, 15) is 9.59 Å². The van der Waals surface area contributed by atoms with Crippen LogP contribution in [-0.4, -0.2) is 45.5 Å². The first-order valence-electron chi connectivity index (χ1n) is 10.0. The van der Waals surface area contributed by atoms with E-state index in [0.717, 1.165) is 30.2 Å². The predicted molar refractivity (Wildman–Crippen MR) is 112 cm³/mol. The summed E-state index contributed by atoms with van der Waals surface area (Å²) in [6, 6.07) is 9.53. The smallest absolute Gasteiger partial charge is 0.328 e. The van der Waals surface area contributed by atoms with Gasteiger partial charge in [-0.3, -0.25) is 4.79 Å². The zero-order valence-electron chi connectivity index (χ0n) is 17.1. The average molecular weight is 417 g/mol. The molecule has 7 nitrogen and oxygen atoms in total. The first-order valence-corrected chi connectivity index (χ1v) is 11.0. The van der Waals surface area contributed by atoms with Gasteiger partial charge in [0.15, 0.2) is 5.16 Å². The minimum Gasteiger partial charge on any atom is -0.467 e. The predicted octanol–water partition coefficient (Wildman–Crippen LogP) is 3.00. The van der Waals surface area contributed by atoms with Gasteiger partial charge in [-0.1, -0.05) is 62.4 Å². The van der Waals surface area contributed by atoms with Crippen molar-refractivity contribution in [1.82, 2.24) is 20.1 Å². The van der Waals surface area contributed by atoms with Crippen molar-refractivity contribution in [3.63, 3.8) is 0 Å². The molecular formula is C21H28N4O3S. The molecule has 1 saturated carbocycles. The Morgan fingerprint density at radius 1 is 1.28 bits per heavy atom. The van der Waals surface area contributed by atoms with Crippen LogP contribution in [0.1, 0.15) is 50.4 Å². The van der Waals surface area contributed by atoms with E-state index in [-0.39, 0.29) is 17.6 Å². The average Bonchev–Trinajstić information content (AvgIpc) is 3.51. The summed E-state index contributed by atoms with van der Waals surface area (Å²) in [4.78, 5) is 24.5. The number of rotatable bonds is 10. The fourth-order valence-corrected chi connectivity index (χ4v) is 3.86. The van der Waals surface area contributed by atoms with Crippen molar-refractivity contribution in [2.45, 2.75) is 56.8 Å². The van der Waals surface area contributed by atoms with Gasteiger partial charge in [-0.2, -0.15) is 0 Å². The van der Waals surface area contributed by atoms with E-state index < -0.39 is 12.0 Å². The zero-order chi connectivity index (χ0) is 20.8. The Hall–Kier alpha value is -2.35. The minimum atomic E-state index is -0.637. The highest BCUT2D eigenvalue weighted by molar-refractivity contribution is 7.99. The second-order valence-corrected chi connectivity index (χ2v) is 8.37. The van der Waals surface area contributed by atoms with Crippen LogP contribution in [0.5, 0.6) is 0 Å². The van der Waals surface area contributed by atoms with Gasteiger partial charge in [0.2, 0.25) is 5.91 Å². The number of nitrogens with zero attached hydrogens (tertiary/aromatic N) is 3. The maximum atomic E-state index is 12.5. The highest BCUT2D eigenvalue weighted by atomic mass is 32.2. The Morgan fingerprint density at radius 3 is 2.62 bits per heavy atom. The lowest BCUT2D eigenvalue weighted by molar-refractivity contribution is -0.146. The van der Waals surface area contributed by atoms with E-state index in [0.29, 0.717) is 12.5 Å². The summed E-state index contributed by atoms with van der Waals surface area (Å²) in [7, 11) is 1.34. The molecule has 2 atom stereocenters. The first-order chi connectivity index (χ1) is 14.0. The molecule has 1 aromatic heterocycles. The number of esters is 1. The van der Waals surface area contributed by atoms with E-state index >= 15 is 0 Å². The molecular weight excluding hydrogens is 388 g/mol. The van der Waals surface area contributed by atoms with E-state index in [1.807, 2.05) is 32.0 Å². The fraction of sp³-hybridized carbons (Fsp3) is 0.524. The number of benzene rings is 1. The summed E-state index contributed by atoms with van der Waals surface area (Å²) < 4.78 is 6.94. The topological polar surface area (TPSA) is 86.1 Å². The monoisotopic (exact) mass is 416 g/mol. The number of ether oxygens (including phenoxy) is 1. The largest absolute Gasteiger partial charge is 0.467 e. The highest BCUT2D eigenvalue weighted by Crippen LogP contribution is 2.40. The van der Waals surface area contributed by atoms with Gasteiger partial charge in [0.05, 0.1) is 19.4 Å². The molecule has 1 fully saturated rings. The zero-order valence-corrected chi connectivity index (χ0v) is 17.9. The van der Waals surface area contributed by atoms with Crippen LogP contribution >= 0.6 is 11.8 Å². The van der Waals surface area contributed by atoms with Gasteiger partial charge < -0.3 is 14.6 Å². The molecule has 1 amide bonds. The van der Waals surface area contributed by atoms with Gasteiger partial charge >= 0.3 is 5.97 Å². The lowest BCUT2D eigenvalue weighted by Crippen LogP contribution is -2.46. The molecule has 3 rings (SSSR count). The molecule has 1 aliphatic carbocycles. The molecule has 1 heterocycles. The minimum absolute atomic E-state index is 0.000368. The second kappa shape index (κ2) is 9.91. The molecule has 8 heteroatoms. The Bertz CT molecular complexity index is 836. The van der Waals surface area contributed by atoms with Gasteiger partial charge in [-0.15, -0.1) is 10.2 Å². The first kappa shape index (κ1) is 21.4. The van der Waals surface area contributed by atoms with Crippen LogP contribution in [0.2, 0.25) is 0 Å². The lowest BCUT2D eigenvalue weighted by Gasteiger charge is -2.21. The van der Waals surface area contributed by atoms with Gasteiger partial charge in [0.25, 0.3) is 0 Å². The van der Waals surface area contributed by atoms with Crippen molar-refractivity contribution < 1.29 is 14.3 Å². The summed E-state index contributed by atoms with van der Waals surface area (Å²) in [5, 5.41) is 12.2. The molecule has 1 aliphatic rings. The number of aromatic nitrogens is 3. The quantitative estimate of drug-likeness (QED) is 0.473. The van der Waals surface area contributed by atoms with Gasteiger partial charge in [-0.05, 0) is 24.3 Å². The summed E-state index contributed by atoms with van der Waals surface area (Å²) in [6.45, 7) is 4.58. The third-order valence-electron chi connectivity index (χ3n) is 5.19. The molecule has 1 N–H and O–H groups in total. The third-order valence-corrected chi connectivity index (χ3v) is 6.16. The summed E-state index contributed by atoms with van der Waals surface area (Å²) in [5.74, 6) is 0.988. The van der Waals surface area contributed by atoms with Crippen molar-refractivity contribution in [3.8, 4) is 0 Å². The van der Waals surface area contributed by atoms with Crippen molar-refractivity contribution in [2.24, 2.45) is 5.92 Å². The molecule has 0 aliphatic heterocycles. The number of hydrogen-bond donors (Lipinski definition) is 1. The number of nitrogens with one attached hydrogen (secondary N) is 1. The number of methoxy groups -OCH3 is 1. The van der Waals surface area contributed by atoms with Crippen molar-refractivity contribution in [3.05, 3.63) is 41.7 Å². The maximum absolute atomic E-state index is 12.5. The Kier molecular flexibility index (Phi) is 7.30. The van der Waals surface area contributed by atoms with Gasteiger partial charge in [0, 0.05) is 5.92 Å². The Balaban J connectivity index is 1.67. The highest BCUT2D eigenvalue weighted by Gasteiger charge is 2.31. The molecule has 0 radical (unpaired) electrons. The Labute approximate surface area is 175 Å². The molecule has 0 saturated heterocycles. The Morgan fingerprint density at radius 2 is 2.00 bits per heavy atom. The molecule has 0 unspecified atom stereocenters. The lowest BCUT2D eigenvalue weighted by atomic mass is 9.99. The van der Waals surface area contributed by atoms with Crippen LogP contribution < -0.4 is 5.32 Å². The van der Waals surface area contributed by atoms with Crippen molar-refractivity contribution in [1.29, 1.82) is 0 Å². The van der Waals surface area contributed by atoms with Crippen LogP contribution in [0, 0.1) is 5.92 Å². The molecule has 1 aromatic carbocycles. The van der Waals surface area contributed by atoms with Gasteiger partial charge in [-0.25, -0.2) is 4.79 Å². The van der Waals surface area contributed by atoms with Crippen LogP contribution in [-0.2, 0) is 20.9 Å². The number of amides is 1. The molecule has 29 heavy (non-hydrogen) atoms. The van der Waals surface area contributed by atoms with Crippen molar-refractivity contribution in [2.75, 3.05) is 12.9 Å². The van der Waals surface area contributed by atoms with Crippen molar-refractivity contribution >= 4 is 23.6 Å². The van der Waals surface area contributed by atoms with Crippen LogP contribution in [0.3, 0.4) is 0 Å². The van der Waals surface area contributed by atoms with Crippen LogP contribution in [0.25, 0.3) is 0 Å². The molecule has 0 bridgehead atoms. The van der Waals surface area contributed by atoms with E-state index in [4.69, 9.17) is 4.74 Å². The molecule has 2 aromatic rings. The number of carbonyl (C=O) groups excluding carboxylic acids is 2. The number of hydrogen-bond acceptors (Lipinski definition) is 6. The molecule has 156 valence electrons. The number of thioether (sulfide) groups is 1. The van der Waals surface area contributed by atoms with Crippen LogP contribution in [0.4, 0.5) is 0 Å². The standard InChI is InChI=1S/C21H28N4O3S/c1-4-14(2)18(20(27)28-3)22-17(26)13-29-21-24-23-19(16-10-11-16)25(21)12-15-8-6-5-7-9-15/h5-9,14,16,18H,4,10-13H2,1-3H3,(H,22,26)/t14-,18-/m0/s1.